The molecule has 0 spiro atoms. The number of benzene rings is 1. The minimum absolute atomic E-state index is 0.202. The van der Waals surface area contributed by atoms with Gasteiger partial charge >= 0.3 is 30.1 Å². The Kier molecular flexibility index (Phi) is 9.82. The van der Waals surface area contributed by atoms with Crippen LogP contribution in [0.1, 0.15) is 20.8 Å². The number of hydrogen-bond acceptors (Lipinski definition) is 12. The summed E-state index contributed by atoms with van der Waals surface area (Å²) in [5.74, 6) is -5.74. The van der Waals surface area contributed by atoms with Crippen LogP contribution >= 0.6 is 0 Å². The molecule has 0 aliphatic carbocycles. The van der Waals surface area contributed by atoms with Gasteiger partial charge in [-0.25, -0.2) is 9.79 Å². The van der Waals surface area contributed by atoms with E-state index in [2.05, 4.69) is 9.73 Å². The van der Waals surface area contributed by atoms with E-state index < -0.39 is 66.7 Å². The SMILES string of the molecule is COC(=O)[C@@H]1O[C@@H](OC(=Nc2ccc(OC)cc2)C(F)(F)F)[C@@H](OC(C)=O)[C@H](OC(C)=O)[C@@H]1OC(C)=O. The molecule has 37 heavy (non-hydrogen) atoms. The molecule has 1 aromatic rings. The molecule has 0 bridgehead atoms. The van der Waals surface area contributed by atoms with Crippen LogP contribution in [-0.4, -0.2) is 80.9 Å². The molecule has 0 radical (unpaired) electrons. The monoisotopic (exact) mass is 535 g/mol. The average Bonchev–Trinajstić information content (AvgIpc) is 2.80. The topological polar surface area (TPSA) is 145 Å². The van der Waals surface area contributed by atoms with Crippen LogP contribution in [0.25, 0.3) is 0 Å². The Bertz CT molecular complexity index is 1030. The van der Waals surface area contributed by atoms with Crippen molar-refractivity contribution in [3.63, 3.8) is 0 Å². The van der Waals surface area contributed by atoms with E-state index in [1.54, 1.807) is 0 Å². The van der Waals surface area contributed by atoms with Crippen molar-refractivity contribution in [2.75, 3.05) is 14.2 Å². The largest absolute Gasteiger partial charge is 0.497 e. The fourth-order valence-electron chi connectivity index (χ4n) is 3.22. The molecule has 0 unspecified atom stereocenters. The first kappa shape index (κ1) is 29.4. The van der Waals surface area contributed by atoms with Gasteiger partial charge in [-0.15, -0.1) is 0 Å². The van der Waals surface area contributed by atoms with Gasteiger partial charge in [-0.05, 0) is 24.3 Å². The number of esters is 4. The van der Waals surface area contributed by atoms with Gasteiger partial charge in [-0.1, -0.05) is 0 Å². The summed E-state index contributed by atoms with van der Waals surface area (Å²) in [6.07, 6.45) is -14.9. The van der Waals surface area contributed by atoms with Crippen LogP contribution in [0.3, 0.4) is 0 Å². The normalized spacial score (nSPS) is 23.9. The summed E-state index contributed by atoms with van der Waals surface area (Å²) in [6.45, 7) is 2.79. The van der Waals surface area contributed by atoms with E-state index in [0.717, 1.165) is 27.9 Å². The van der Waals surface area contributed by atoms with Gasteiger partial charge in [-0.3, -0.25) is 14.4 Å². The molecular weight excluding hydrogens is 511 g/mol. The van der Waals surface area contributed by atoms with Gasteiger partial charge in [0.15, 0.2) is 18.3 Å². The van der Waals surface area contributed by atoms with Crippen molar-refractivity contribution in [1.82, 2.24) is 0 Å². The second-order valence-electron chi connectivity index (χ2n) is 7.40. The molecule has 5 atom stereocenters. The highest BCUT2D eigenvalue weighted by molar-refractivity contribution is 5.85. The second kappa shape index (κ2) is 12.4. The van der Waals surface area contributed by atoms with Crippen LogP contribution in [0.15, 0.2) is 29.3 Å². The zero-order valence-corrected chi connectivity index (χ0v) is 20.3. The molecule has 0 amide bonds. The van der Waals surface area contributed by atoms with E-state index in [1.807, 2.05) is 0 Å². The summed E-state index contributed by atoms with van der Waals surface area (Å²) < 4.78 is 76.7. The van der Waals surface area contributed by atoms with E-state index in [9.17, 15) is 32.3 Å². The maximum atomic E-state index is 13.9. The fourth-order valence-corrected chi connectivity index (χ4v) is 3.22. The number of alkyl halides is 3. The Morgan fingerprint density at radius 1 is 0.811 bits per heavy atom. The second-order valence-corrected chi connectivity index (χ2v) is 7.40. The third kappa shape index (κ3) is 8.06. The van der Waals surface area contributed by atoms with Crippen LogP contribution in [0.4, 0.5) is 18.9 Å². The van der Waals surface area contributed by atoms with E-state index in [4.69, 9.17) is 28.4 Å². The number of nitrogens with zero attached hydrogens (tertiary/aromatic N) is 1. The summed E-state index contributed by atoms with van der Waals surface area (Å²) in [4.78, 5) is 51.1. The fraction of sp³-hybridized carbons (Fsp3) is 0.500. The predicted octanol–water partition coefficient (Wildman–Crippen LogP) is 2.00. The van der Waals surface area contributed by atoms with Gasteiger partial charge in [-0.2, -0.15) is 13.2 Å². The van der Waals surface area contributed by atoms with Crippen molar-refractivity contribution < 1.29 is 65.5 Å². The molecule has 1 fully saturated rings. The number of carbonyl (C=O) groups excluding carboxylic acids is 4. The average molecular weight is 535 g/mol. The first-order valence-corrected chi connectivity index (χ1v) is 10.5. The van der Waals surface area contributed by atoms with Crippen molar-refractivity contribution in [3.8, 4) is 5.75 Å². The van der Waals surface area contributed by atoms with E-state index in [-0.39, 0.29) is 5.69 Å². The highest BCUT2D eigenvalue weighted by Gasteiger charge is 2.57. The molecule has 1 aliphatic heterocycles. The standard InChI is InChI=1S/C22H24F3NO11/c1-10(27)33-15-16(34-11(2)28)18(35-12(3)29)20(36-17(15)19(30)32-5)37-21(22(23,24)25)26-13-6-8-14(31-4)9-7-13/h6-9,15-18,20H,1-5H3/t15-,16+,17+,18-,20-/m0/s1. The molecule has 1 aliphatic rings. The Hall–Kier alpha value is -3.88. The number of ether oxygens (including phenoxy) is 7. The Balaban J connectivity index is 2.59. The van der Waals surface area contributed by atoms with Gasteiger partial charge in [0.1, 0.15) is 5.75 Å². The van der Waals surface area contributed by atoms with Gasteiger partial charge in [0.05, 0.1) is 19.9 Å². The van der Waals surface area contributed by atoms with Gasteiger partial charge in [0.25, 0.3) is 5.90 Å². The molecule has 204 valence electrons. The highest BCUT2D eigenvalue weighted by atomic mass is 19.4. The minimum Gasteiger partial charge on any atom is -0.497 e. The van der Waals surface area contributed by atoms with Gasteiger partial charge in [0, 0.05) is 20.8 Å². The van der Waals surface area contributed by atoms with Crippen LogP contribution in [0, 0.1) is 0 Å². The number of aliphatic imine (C=N–C) groups is 1. The quantitative estimate of drug-likeness (QED) is 0.219. The van der Waals surface area contributed by atoms with Crippen molar-refractivity contribution in [2.45, 2.75) is 57.7 Å². The lowest BCUT2D eigenvalue weighted by Crippen LogP contribution is -2.64. The molecule has 0 aromatic heterocycles. The number of rotatable bonds is 7. The zero-order chi connectivity index (χ0) is 27.9. The number of halogens is 3. The molecule has 1 saturated heterocycles. The molecule has 12 nitrogen and oxygen atoms in total. The minimum atomic E-state index is -5.20. The molecule has 1 aromatic carbocycles. The van der Waals surface area contributed by atoms with Crippen LogP contribution < -0.4 is 4.74 Å². The first-order chi connectivity index (χ1) is 17.3. The molecule has 0 N–H and O–H groups in total. The van der Waals surface area contributed by atoms with E-state index >= 15 is 0 Å². The van der Waals surface area contributed by atoms with Crippen molar-refractivity contribution in [2.24, 2.45) is 4.99 Å². The summed E-state index contributed by atoms with van der Waals surface area (Å²) >= 11 is 0. The third-order valence-corrected chi connectivity index (χ3v) is 4.61. The predicted molar refractivity (Wildman–Crippen MR) is 115 cm³/mol. The smallest absolute Gasteiger partial charge is 0.468 e. The lowest BCUT2D eigenvalue weighted by Gasteiger charge is -2.43. The van der Waals surface area contributed by atoms with Crippen molar-refractivity contribution in [3.05, 3.63) is 24.3 Å². The van der Waals surface area contributed by atoms with E-state index in [0.29, 0.717) is 5.75 Å². The lowest BCUT2D eigenvalue weighted by atomic mass is 9.97. The molecule has 0 saturated carbocycles. The van der Waals surface area contributed by atoms with Crippen molar-refractivity contribution in [1.29, 1.82) is 0 Å². The van der Waals surface area contributed by atoms with Gasteiger partial charge < -0.3 is 33.2 Å². The molecular formula is C22H24F3NO11. The van der Waals surface area contributed by atoms with E-state index in [1.165, 1.54) is 31.4 Å². The lowest BCUT2D eigenvalue weighted by molar-refractivity contribution is -0.288. The summed E-state index contributed by atoms with van der Waals surface area (Å²) in [7, 11) is 2.29. The van der Waals surface area contributed by atoms with Crippen LogP contribution in [0.2, 0.25) is 0 Å². The number of hydrogen-bond donors (Lipinski definition) is 0. The molecule has 1 heterocycles. The Morgan fingerprint density at radius 2 is 1.32 bits per heavy atom. The summed E-state index contributed by atoms with van der Waals surface area (Å²) in [6, 6.07) is 5.10. The number of methoxy groups -OCH3 is 2. The van der Waals surface area contributed by atoms with Crippen LogP contribution in [-0.2, 0) is 47.6 Å². The maximum Gasteiger partial charge on any atom is 0.468 e. The molecule has 2 rings (SSSR count). The third-order valence-electron chi connectivity index (χ3n) is 4.61. The van der Waals surface area contributed by atoms with Gasteiger partial charge in [0.2, 0.25) is 12.4 Å². The molecule has 15 heteroatoms. The first-order valence-electron chi connectivity index (χ1n) is 10.5. The van der Waals surface area contributed by atoms with Crippen LogP contribution in [0.5, 0.6) is 5.75 Å². The zero-order valence-electron chi connectivity index (χ0n) is 20.3. The highest BCUT2D eigenvalue weighted by Crippen LogP contribution is 2.33. The number of carbonyl (C=O) groups is 4. The summed E-state index contributed by atoms with van der Waals surface area (Å²) in [5.41, 5.74) is -0.202. The summed E-state index contributed by atoms with van der Waals surface area (Å²) in [5, 5.41) is 0. The van der Waals surface area contributed by atoms with Crippen molar-refractivity contribution >= 4 is 35.5 Å². The Morgan fingerprint density at radius 3 is 1.78 bits per heavy atom. The maximum absolute atomic E-state index is 13.9. The Labute approximate surface area is 208 Å².